The van der Waals surface area contributed by atoms with Gasteiger partial charge in [0.15, 0.2) is 23.2 Å². The number of carbonyl (C=O) groups excluding carboxylic acids is 1. The summed E-state index contributed by atoms with van der Waals surface area (Å²) in [6.45, 7) is 3.50. The second-order valence-corrected chi connectivity index (χ2v) is 4.52. The van der Waals surface area contributed by atoms with E-state index in [0.29, 0.717) is 0 Å². The monoisotopic (exact) mass is 325 g/mol. The molecule has 1 aromatic heterocycles. The lowest BCUT2D eigenvalue weighted by molar-refractivity contribution is 0.0593. The molecule has 0 fully saturated rings. The average molecular weight is 326 g/mol. The van der Waals surface area contributed by atoms with Gasteiger partial charge in [-0.2, -0.15) is 0 Å². The number of hydrogen-bond acceptors (Lipinski definition) is 5. The van der Waals surface area contributed by atoms with Crippen molar-refractivity contribution in [1.29, 1.82) is 0 Å². The zero-order valence-electron chi connectivity index (χ0n) is 11.4. The maximum Gasteiger partial charge on any atom is 0.357 e. The highest BCUT2D eigenvalue weighted by atomic mass is 35.5. The van der Waals surface area contributed by atoms with E-state index in [1.165, 1.54) is 12.1 Å². The number of carbonyl (C=O) groups is 1. The molecule has 0 aliphatic rings. The number of nitrogen functional groups attached to an aromatic ring is 1. The molecule has 0 saturated heterocycles. The van der Waals surface area contributed by atoms with Gasteiger partial charge in [-0.3, -0.25) is 0 Å². The molecule has 5 nitrogen and oxygen atoms in total. The molecule has 0 radical (unpaired) electrons. The van der Waals surface area contributed by atoms with Crippen molar-refractivity contribution < 1.29 is 18.3 Å². The van der Waals surface area contributed by atoms with Crippen LogP contribution in [0.2, 0.25) is 5.02 Å². The van der Waals surface area contributed by atoms with Crippen LogP contribution in [0, 0.1) is 11.6 Å². The number of anilines is 1. The summed E-state index contributed by atoms with van der Waals surface area (Å²) in [4.78, 5) is 19.5. The number of aromatic nitrogens is 2. The summed E-state index contributed by atoms with van der Waals surface area (Å²) in [5, 5.41) is -0.384. The lowest BCUT2D eigenvalue weighted by Crippen LogP contribution is -2.12. The maximum atomic E-state index is 14.0. The van der Waals surface area contributed by atoms with E-state index in [1.807, 2.05) is 0 Å². The second kappa shape index (κ2) is 6.07. The number of methoxy groups -OCH3 is 1. The molecule has 0 aliphatic carbocycles. The van der Waals surface area contributed by atoms with Crippen molar-refractivity contribution in [2.75, 3.05) is 12.8 Å². The van der Waals surface area contributed by atoms with Crippen LogP contribution in [0.5, 0.6) is 0 Å². The summed E-state index contributed by atoms with van der Waals surface area (Å²) < 4.78 is 32.1. The van der Waals surface area contributed by atoms with Crippen LogP contribution < -0.4 is 5.73 Å². The Kier molecular flexibility index (Phi) is 4.37. The van der Waals surface area contributed by atoms with Crippen LogP contribution in [-0.4, -0.2) is 23.0 Å². The number of nitrogens with zero attached hydrogens (tertiary/aromatic N) is 2. The molecule has 0 spiro atoms. The van der Waals surface area contributed by atoms with Crippen molar-refractivity contribution in [2.45, 2.75) is 0 Å². The van der Waals surface area contributed by atoms with Crippen molar-refractivity contribution in [3.8, 4) is 11.4 Å². The summed E-state index contributed by atoms with van der Waals surface area (Å²) >= 11 is 5.49. The van der Waals surface area contributed by atoms with Gasteiger partial charge in [-0.25, -0.2) is 23.5 Å². The Hall–Kier alpha value is -2.54. The lowest BCUT2D eigenvalue weighted by Gasteiger charge is -2.10. The summed E-state index contributed by atoms with van der Waals surface area (Å²) in [7, 11) is 1.15. The zero-order valence-corrected chi connectivity index (χ0v) is 12.1. The number of benzene rings is 1. The highest BCUT2D eigenvalue weighted by Gasteiger charge is 2.21. The summed E-state index contributed by atoms with van der Waals surface area (Å²) in [5.41, 5.74) is 5.37. The van der Waals surface area contributed by atoms with E-state index in [0.717, 1.165) is 13.2 Å². The first-order chi connectivity index (χ1) is 10.4. The second-order valence-electron chi connectivity index (χ2n) is 4.11. The molecule has 22 heavy (non-hydrogen) atoms. The van der Waals surface area contributed by atoms with Gasteiger partial charge in [0.2, 0.25) is 0 Å². The fraction of sp³-hybridized carbons (Fsp3) is 0.0714. The standard InChI is InChI=1S/C14H10ClF2N3O2/c1-3-6-11(14(21)22-2)19-13(20-12(6)18)7-4-5-8(15)10(17)9(7)16/h3-5H,1H2,2H3,(H2,18,19,20). The molecular formula is C14H10ClF2N3O2. The van der Waals surface area contributed by atoms with E-state index in [2.05, 4.69) is 21.3 Å². The molecule has 2 aromatic rings. The number of esters is 1. The normalized spacial score (nSPS) is 10.4. The Labute approximate surface area is 129 Å². The van der Waals surface area contributed by atoms with Gasteiger partial charge in [-0.1, -0.05) is 24.3 Å². The molecule has 0 saturated carbocycles. The minimum Gasteiger partial charge on any atom is -0.464 e. The smallest absolute Gasteiger partial charge is 0.357 e. The largest absolute Gasteiger partial charge is 0.464 e. The minimum atomic E-state index is -1.24. The zero-order chi connectivity index (χ0) is 16.4. The number of rotatable bonds is 3. The number of halogens is 3. The molecule has 0 atom stereocenters. The Bertz CT molecular complexity index is 781. The summed E-state index contributed by atoms with van der Waals surface area (Å²) in [6, 6.07) is 2.33. The predicted octanol–water partition coefficient (Wildman–Crippen LogP) is 3.09. The van der Waals surface area contributed by atoms with Crippen LogP contribution in [0.1, 0.15) is 16.1 Å². The number of nitrogens with two attached hydrogens (primary N) is 1. The van der Waals surface area contributed by atoms with Crippen LogP contribution in [0.4, 0.5) is 14.6 Å². The van der Waals surface area contributed by atoms with Crippen molar-refractivity contribution in [1.82, 2.24) is 9.97 Å². The van der Waals surface area contributed by atoms with Crippen LogP contribution in [0.15, 0.2) is 18.7 Å². The molecule has 1 aromatic carbocycles. The van der Waals surface area contributed by atoms with Crippen LogP contribution in [0.3, 0.4) is 0 Å². The van der Waals surface area contributed by atoms with Gasteiger partial charge in [0.25, 0.3) is 0 Å². The first-order valence-electron chi connectivity index (χ1n) is 5.92. The van der Waals surface area contributed by atoms with Crippen LogP contribution in [0.25, 0.3) is 17.5 Å². The Morgan fingerprint density at radius 2 is 2.05 bits per heavy atom. The quantitative estimate of drug-likeness (QED) is 0.693. The molecule has 0 amide bonds. The fourth-order valence-corrected chi connectivity index (χ4v) is 1.91. The van der Waals surface area contributed by atoms with Gasteiger partial charge >= 0.3 is 5.97 Å². The first kappa shape index (κ1) is 15.8. The average Bonchev–Trinajstić information content (AvgIpc) is 2.51. The van der Waals surface area contributed by atoms with E-state index in [-0.39, 0.29) is 33.5 Å². The molecule has 1 heterocycles. The molecule has 114 valence electrons. The lowest BCUT2D eigenvalue weighted by atomic mass is 10.1. The summed E-state index contributed by atoms with van der Waals surface area (Å²) in [6.07, 6.45) is 1.27. The van der Waals surface area contributed by atoms with Crippen LogP contribution in [-0.2, 0) is 4.74 Å². The van der Waals surface area contributed by atoms with E-state index in [4.69, 9.17) is 17.3 Å². The predicted molar refractivity (Wildman–Crippen MR) is 78.2 cm³/mol. The highest BCUT2D eigenvalue weighted by molar-refractivity contribution is 6.30. The van der Waals surface area contributed by atoms with Crippen molar-refractivity contribution in [2.24, 2.45) is 0 Å². The molecule has 0 aliphatic heterocycles. The van der Waals surface area contributed by atoms with E-state index < -0.39 is 17.6 Å². The molecule has 2 rings (SSSR count). The third-order valence-electron chi connectivity index (χ3n) is 2.83. The first-order valence-corrected chi connectivity index (χ1v) is 6.30. The van der Waals surface area contributed by atoms with Gasteiger partial charge < -0.3 is 10.5 Å². The third kappa shape index (κ3) is 2.62. The molecule has 8 heteroatoms. The highest BCUT2D eigenvalue weighted by Crippen LogP contribution is 2.28. The Morgan fingerprint density at radius 3 is 2.64 bits per heavy atom. The number of ether oxygens (including phenoxy) is 1. The topological polar surface area (TPSA) is 78.1 Å². The van der Waals surface area contributed by atoms with Gasteiger partial charge in [0.05, 0.1) is 17.7 Å². The van der Waals surface area contributed by atoms with E-state index in [1.54, 1.807) is 0 Å². The molecule has 0 unspecified atom stereocenters. The third-order valence-corrected chi connectivity index (χ3v) is 3.13. The van der Waals surface area contributed by atoms with E-state index in [9.17, 15) is 13.6 Å². The fourth-order valence-electron chi connectivity index (χ4n) is 1.76. The van der Waals surface area contributed by atoms with Gasteiger partial charge in [0, 0.05) is 5.56 Å². The number of hydrogen-bond donors (Lipinski definition) is 1. The van der Waals surface area contributed by atoms with Gasteiger partial charge in [-0.05, 0) is 12.1 Å². The van der Waals surface area contributed by atoms with Gasteiger partial charge in [-0.15, -0.1) is 0 Å². The molecule has 2 N–H and O–H groups in total. The Morgan fingerprint density at radius 1 is 1.36 bits per heavy atom. The van der Waals surface area contributed by atoms with Crippen molar-refractivity contribution in [3.63, 3.8) is 0 Å². The Balaban J connectivity index is 2.73. The molecular weight excluding hydrogens is 316 g/mol. The van der Waals surface area contributed by atoms with Crippen LogP contribution >= 0.6 is 11.6 Å². The van der Waals surface area contributed by atoms with E-state index >= 15 is 0 Å². The SMILES string of the molecule is C=Cc1c(N)nc(-c2ccc(Cl)c(F)c2F)nc1C(=O)OC. The molecule has 0 bridgehead atoms. The maximum absolute atomic E-state index is 14.0. The minimum absolute atomic E-state index is 0.116. The van der Waals surface area contributed by atoms with Gasteiger partial charge in [0.1, 0.15) is 5.82 Å². The summed E-state index contributed by atoms with van der Waals surface area (Å²) in [5.74, 6) is -3.67. The van der Waals surface area contributed by atoms with Crippen molar-refractivity contribution in [3.05, 3.63) is 46.6 Å². The van der Waals surface area contributed by atoms with Crippen molar-refractivity contribution >= 4 is 29.5 Å².